The van der Waals surface area contributed by atoms with Crippen LogP contribution >= 0.6 is 11.8 Å². The first kappa shape index (κ1) is 22.4. The van der Waals surface area contributed by atoms with Crippen molar-refractivity contribution in [3.05, 3.63) is 54.1 Å². The molecular formula is C22H24N4O4S. The number of para-hydroxylation sites is 1. The molecule has 0 saturated heterocycles. The number of nitrogens with zero attached hydrogens (tertiary/aromatic N) is 3. The highest BCUT2D eigenvalue weighted by molar-refractivity contribution is 7.99. The Morgan fingerprint density at radius 3 is 2.45 bits per heavy atom. The van der Waals surface area contributed by atoms with Gasteiger partial charge in [0.1, 0.15) is 5.75 Å². The van der Waals surface area contributed by atoms with Crippen LogP contribution in [0.3, 0.4) is 0 Å². The maximum absolute atomic E-state index is 12.3. The van der Waals surface area contributed by atoms with E-state index in [2.05, 4.69) is 15.5 Å². The van der Waals surface area contributed by atoms with Gasteiger partial charge < -0.3 is 19.4 Å². The summed E-state index contributed by atoms with van der Waals surface area (Å²) in [6.45, 7) is 5.19. The van der Waals surface area contributed by atoms with E-state index in [0.29, 0.717) is 41.5 Å². The van der Waals surface area contributed by atoms with Gasteiger partial charge in [-0.05, 0) is 50.2 Å². The second-order valence-electron chi connectivity index (χ2n) is 6.47. The van der Waals surface area contributed by atoms with E-state index < -0.39 is 0 Å². The lowest BCUT2D eigenvalue weighted by molar-refractivity contribution is -0.113. The molecule has 0 spiro atoms. The SMILES string of the molecule is CCN(CC)C(=O)c1ccc(NC(=O)CSc2nnc(-c3ccccc3OC)o2)cc1. The minimum Gasteiger partial charge on any atom is -0.496 e. The highest BCUT2D eigenvalue weighted by atomic mass is 32.2. The van der Waals surface area contributed by atoms with Crippen molar-refractivity contribution in [2.45, 2.75) is 19.1 Å². The molecule has 0 radical (unpaired) electrons. The minimum absolute atomic E-state index is 0.0272. The number of carbonyl (C=O) groups excluding carboxylic acids is 2. The zero-order valence-electron chi connectivity index (χ0n) is 17.6. The van der Waals surface area contributed by atoms with E-state index in [1.54, 1.807) is 42.3 Å². The maximum atomic E-state index is 12.3. The predicted molar refractivity (Wildman–Crippen MR) is 119 cm³/mol. The average molecular weight is 441 g/mol. The van der Waals surface area contributed by atoms with Gasteiger partial charge in [-0.2, -0.15) is 0 Å². The summed E-state index contributed by atoms with van der Waals surface area (Å²) in [6, 6.07) is 14.2. The van der Waals surface area contributed by atoms with Gasteiger partial charge in [-0.25, -0.2) is 0 Å². The number of carbonyl (C=O) groups is 2. The van der Waals surface area contributed by atoms with Crippen molar-refractivity contribution in [2.75, 3.05) is 31.3 Å². The minimum atomic E-state index is -0.218. The topological polar surface area (TPSA) is 97.6 Å². The molecule has 2 amide bonds. The normalized spacial score (nSPS) is 10.5. The van der Waals surface area contributed by atoms with Gasteiger partial charge in [-0.1, -0.05) is 23.9 Å². The molecule has 0 atom stereocenters. The third kappa shape index (κ3) is 5.64. The molecule has 1 N–H and O–H groups in total. The standard InChI is InChI=1S/C22H24N4O4S/c1-4-26(5-2)21(28)15-10-12-16(13-11-15)23-19(27)14-31-22-25-24-20(30-22)17-8-6-7-9-18(17)29-3/h6-13H,4-5,14H2,1-3H3,(H,23,27). The van der Waals surface area contributed by atoms with E-state index in [9.17, 15) is 9.59 Å². The number of methoxy groups -OCH3 is 1. The van der Waals surface area contributed by atoms with Crippen LogP contribution in [-0.4, -0.2) is 52.9 Å². The largest absolute Gasteiger partial charge is 0.496 e. The molecule has 0 saturated carbocycles. The number of ether oxygens (including phenoxy) is 1. The number of anilines is 1. The third-order valence-electron chi connectivity index (χ3n) is 4.54. The number of thioether (sulfide) groups is 1. The van der Waals surface area contributed by atoms with Gasteiger partial charge in [0.2, 0.25) is 5.91 Å². The number of amides is 2. The Morgan fingerprint density at radius 1 is 1.06 bits per heavy atom. The second kappa shape index (κ2) is 10.6. The molecule has 0 aliphatic heterocycles. The van der Waals surface area contributed by atoms with Crippen molar-refractivity contribution in [1.82, 2.24) is 15.1 Å². The lowest BCUT2D eigenvalue weighted by atomic mass is 10.2. The van der Waals surface area contributed by atoms with Crippen molar-refractivity contribution in [3.63, 3.8) is 0 Å². The number of rotatable bonds is 9. The van der Waals surface area contributed by atoms with Gasteiger partial charge in [0, 0.05) is 24.3 Å². The van der Waals surface area contributed by atoms with Gasteiger partial charge in [0.15, 0.2) is 0 Å². The molecule has 3 rings (SSSR count). The predicted octanol–water partition coefficient (Wildman–Crippen LogP) is 3.96. The molecule has 31 heavy (non-hydrogen) atoms. The number of hydrogen-bond donors (Lipinski definition) is 1. The van der Waals surface area contributed by atoms with Gasteiger partial charge in [-0.3, -0.25) is 9.59 Å². The van der Waals surface area contributed by atoms with Crippen molar-refractivity contribution < 1.29 is 18.7 Å². The first-order valence-electron chi connectivity index (χ1n) is 9.84. The molecule has 9 heteroatoms. The quantitative estimate of drug-likeness (QED) is 0.503. The summed E-state index contributed by atoms with van der Waals surface area (Å²) in [7, 11) is 1.57. The molecule has 8 nitrogen and oxygen atoms in total. The van der Waals surface area contributed by atoms with Crippen molar-refractivity contribution in [1.29, 1.82) is 0 Å². The number of hydrogen-bond acceptors (Lipinski definition) is 7. The first-order chi connectivity index (χ1) is 15.0. The van der Waals surface area contributed by atoms with Crippen molar-refractivity contribution in [3.8, 4) is 17.2 Å². The van der Waals surface area contributed by atoms with Crippen LogP contribution in [0.25, 0.3) is 11.5 Å². The lowest BCUT2D eigenvalue weighted by Crippen LogP contribution is -2.30. The van der Waals surface area contributed by atoms with Gasteiger partial charge in [0.25, 0.3) is 17.0 Å². The van der Waals surface area contributed by atoms with E-state index in [1.807, 2.05) is 32.0 Å². The van der Waals surface area contributed by atoms with Gasteiger partial charge in [-0.15, -0.1) is 10.2 Å². The molecular weight excluding hydrogens is 416 g/mol. The molecule has 1 aromatic heterocycles. The summed E-state index contributed by atoms with van der Waals surface area (Å²) in [5.74, 6) is 0.816. The van der Waals surface area contributed by atoms with Crippen LogP contribution in [0.4, 0.5) is 5.69 Å². The molecule has 0 fully saturated rings. The summed E-state index contributed by atoms with van der Waals surface area (Å²) >= 11 is 1.14. The Bertz CT molecular complexity index is 1030. The van der Waals surface area contributed by atoms with Crippen molar-refractivity contribution >= 4 is 29.3 Å². The van der Waals surface area contributed by atoms with Crippen LogP contribution in [0, 0.1) is 0 Å². The molecule has 0 aliphatic carbocycles. The van der Waals surface area contributed by atoms with Gasteiger partial charge in [0.05, 0.1) is 18.4 Å². The molecule has 0 aliphatic rings. The fraction of sp³-hybridized carbons (Fsp3) is 0.273. The first-order valence-corrected chi connectivity index (χ1v) is 10.8. The van der Waals surface area contributed by atoms with E-state index in [1.165, 1.54) is 0 Å². The fourth-order valence-corrected chi connectivity index (χ4v) is 3.48. The number of benzene rings is 2. The molecule has 162 valence electrons. The molecule has 2 aromatic carbocycles. The zero-order valence-corrected chi connectivity index (χ0v) is 18.4. The second-order valence-corrected chi connectivity index (χ2v) is 7.39. The third-order valence-corrected chi connectivity index (χ3v) is 5.36. The fourth-order valence-electron chi connectivity index (χ4n) is 2.91. The maximum Gasteiger partial charge on any atom is 0.277 e. The van der Waals surface area contributed by atoms with Crippen LogP contribution < -0.4 is 10.1 Å². The van der Waals surface area contributed by atoms with Crippen LogP contribution in [0.5, 0.6) is 5.75 Å². The van der Waals surface area contributed by atoms with Crippen LogP contribution in [0.2, 0.25) is 0 Å². The zero-order chi connectivity index (χ0) is 22.2. The Balaban J connectivity index is 1.55. The van der Waals surface area contributed by atoms with Crippen LogP contribution in [-0.2, 0) is 4.79 Å². The van der Waals surface area contributed by atoms with Gasteiger partial charge >= 0.3 is 0 Å². The molecule has 1 heterocycles. The number of aromatic nitrogens is 2. The molecule has 0 unspecified atom stereocenters. The Labute approximate surface area is 185 Å². The Kier molecular flexibility index (Phi) is 7.66. The Morgan fingerprint density at radius 2 is 1.77 bits per heavy atom. The summed E-state index contributed by atoms with van der Waals surface area (Å²) in [6.07, 6.45) is 0. The van der Waals surface area contributed by atoms with Crippen LogP contribution in [0.1, 0.15) is 24.2 Å². The lowest BCUT2D eigenvalue weighted by Gasteiger charge is -2.18. The molecule has 0 bridgehead atoms. The average Bonchev–Trinajstić information content (AvgIpc) is 3.28. The summed E-state index contributed by atoms with van der Waals surface area (Å²) < 4.78 is 10.9. The summed E-state index contributed by atoms with van der Waals surface area (Å²) in [4.78, 5) is 26.4. The summed E-state index contributed by atoms with van der Waals surface area (Å²) in [5.41, 5.74) is 1.89. The highest BCUT2D eigenvalue weighted by Gasteiger charge is 2.15. The van der Waals surface area contributed by atoms with Crippen LogP contribution in [0.15, 0.2) is 58.2 Å². The van der Waals surface area contributed by atoms with E-state index in [4.69, 9.17) is 9.15 Å². The smallest absolute Gasteiger partial charge is 0.277 e. The molecule has 3 aromatic rings. The highest BCUT2D eigenvalue weighted by Crippen LogP contribution is 2.30. The van der Waals surface area contributed by atoms with Crippen molar-refractivity contribution in [2.24, 2.45) is 0 Å². The monoisotopic (exact) mass is 440 g/mol. The van der Waals surface area contributed by atoms with E-state index in [0.717, 1.165) is 11.8 Å². The van der Waals surface area contributed by atoms with E-state index >= 15 is 0 Å². The summed E-state index contributed by atoms with van der Waals surface area (Å²) in [5, 5.41) is 11.1. The Hall–Kier alpha value is -3.33. The van der Waals surface area contributed by atoms with E-state index in [-0.39, 0.29) is 22.8 Å². The number of nitrogens with one attached hydrogen (secondary N) is 1.